The Morgan fingerprint density at radius 2 is 0.589 bits per heavy atom. The van der Waals surface area contributed by atoms with Gasteiger partial charge in [0.25, 0.3) is 0 Å². The van der Waals surface area contributed by atoms with Gasteiger partial charge in [-0.25, -0.2) is 0 Å². The predicted octanol–water partition coefficient (Wildman–Crippen LogP) is 19.5. The van der Waals surface area contributed by atoms with E-state index in [-0.39, 0.29) is 44.4 Å². The van der Waals surface area contributed by atoms with Crippen LogP contribution in [0.15, 0.2) is 170 Å². The first kappa shape index (κ1) is 67.8. The molecule has 1 unspecified atom stereocenters. The number of ether oxygens (including phenoxy) is 3. The molecule has 0 amide bonds. The molecule has 406 valence electrons. The number of unbranched alkanes of at least 4 members (excludes halogenated alkanes) is 11. The highest BCUT2D eigenvalue weighted by Gasteiger charge is 2.19. The lowest BCUT2D eigenvalue weighted by molar-refractivity contribution is -0.166. The van der Waals surface area contributed by atoms with E-state index in [2.05, 4.69) is 179 Å². The van der Waals surface area contributed by atoms with Crippen LogP contribution in [0.4, 0.5) is 0 Å². The Morgan fingerprint density at radius 3 is 0.986 bits per heavy atom. The normalized spacial score (nSPS) is 13.4. The van der Waals surface area contributed by atoms with Crippen LogP contribution in [-0.4, -0.2) is 37.2 Å². The SMILES string of the molecule is CC/C=C\C/C=C\C/C=C\C/C=C\C/C=C\C/C=C\CCCCC(=O)OCC(COC(=O)C/C=C\C/C=C\C/C=C\C/C=C\C/C=C\CC)OC(=O)CCCCCCCC/C=C\C/C=C\C/C=C\CCCCC. The van der Waals surface area contributed by atoms with E-state index in [1.54, 1.807) is 6.08 Å². The quantitative estimate of drug-likeness (QED) is 0.0261. The molecule has 0 aromatic rings. The molecular formula is C67H102O6. The van der Waals surface area contributed by atoms with E-state index < -0.39 is 12.1 Å². The van der Waals surface area contributed by atoms with Crippen molar-refractivity contribution in [1.82, 2.24) is 0 Å². The van der Waals surface area contributed by atoms with Crippen LogP contribution in [0.5, 0.6) is 0 Å². The third kappa shape index (κ3) is 57.5. The number of carbonyl (C=O) groups is 3. The molecule has 0 spiro atoms. The summed E-state index contributed by atoms with van der Waals surface area (Å²) in [4.78, 5) is 38.1. The van der Waals surface area contributed by atoms with Crippen molar-refractivity contribution in [2.24, 2.45) is 0 Å². The Morgan fingerprint density at radius 1 is 0.301 bits per heavy atom. The van der Waals surface area contributed by atoms with E-state index >= 15 is 0 Å². The second kappa shape index (κ2) is 59.3. The number of rotatable bonds is 49. The standard InChI is InChI=1S/C67H102O6/c1-4-7-10-13-16-19-22-25-28-30-32-33-35-36-39-42-45-48-51-54-57-60-66(69)72-63-64(62-71-65(68)59-56-53-50-47-44-41-38-27-24-21-18-15-12-9-6-3)73-67(70)61-58-55-52-49-46-43-40-37-34-31-29-26-23-20-17-14-11-8-5-2/h7,9-10,12,16-21,25-29,32-34,36-39,44-45,47-48,53,56,64H,4-6,8,11,13-15,22-24,30-31,35,40-43,46,49-52,54-55,57-63H2,1-3H3/b10-7-,12-9-,19-16-,20-17-,21-18-,28-25-,29-26-,33-32-,37-34-,38-27-,39-36-,47-44-,48-45-,56-53-. The third-order valence-corrected chi connectivity index (χ3v) is 11.2. The lowest BCUT2D eigenvalue weighted by Gasteiger charge is -2.18. The van der Waals surface area contributed by atoms with E-state index in [4.69, 9.17) is 14.2 Å². The number of esters is 3. The molecule has 0 heterocycles. The van der Waals surface area contributed by atoms with Gasteiger partial charge in [-0.1, -0.05) is 229 Å². The summed E-state index contributed by atoms with van der Waals surface area (Å²) in [5, 5.41) is 0. The van der Waals surface area contributed by atoms with Gasteiger partial charge in [-0.15, -0.1) is 0 Å². The minimum atomic E-state index is -0.853. The monoisotopic (exact) mass is 1000 g/mol. The lowest BCUT2D eigenvalue weighted by Crippen LogP contribution is -2.30. The van der Waals surface area contributed by atoms with Crippen LogP contribution in [0.3, 0.4) is 0 Å². The lowest BCUT2D eigenvalue weighted by atomic mass is 10.1. The summed E-state index contributed by atoms with van der Waals surface area (Å²) >= 11 is 0. The molecule has 0 rings (SSSR count). The van der Waals surface area contributed by atoms with Crippen molar-refractivity contribution < 1.29 is 28.6 Å². The van der Waals surface area contributed by atoms with Crippen molar-refractivity contribution in [3.63, 3.8) is 0 Å². The zero-order chi connectivity index (χ0) is 52.9. The number of allylic oxidation sites excluding steroid dienone is 27. The summed E-state index contributed by atoms with van der Waals surface area (Å²) in [6.45, 7) is 6.22. The maximum absolute atomic E-state index is 12.9. The Balaban J connectivity index is 4.63. The maximum atomic E-state index is 12.9. The van der Waals surface area contributed by atoms with E-state index in [9.17, 15) is 14.4 Å². The molecule has 1 atom stereocenters. The predicted molar refractivity (Wildman–Crippen MR) is 315 cm³/mol. The van der Waals surface area contributed by atoms with Crippen LogP contribution in [0.25, 0.3) is 0 Å². The van der Waals surface area contributed by atoms with Crippen molar-refractivity contribution in [2.45, 2.75) is 219 Å². The second-order valence-corrected chi connectivity index (χ2v) is 18.1. The molecule has 0 aromatic carbocycles. The minimum Gasteiger partial charge on any atom is -0.462 e. The van der Waals surface area contributed by atoms with Crippen LogP contribution in [0, 0.1) is 0 Å². The molecular weight excluding hydrogens is 901 g/mol. The summed E-state index contributed by atoms with van der Waals surface area (Å²) in [6, 6.07) is 0. The van der Waals surface area contributed by atoms with E-state index in [1.165, 1.54) is 38.5 Å². The average molecular weight is 1000 g/mol. The van der Waals surface area contributed by atoms with Crippen LogP contribution < -0.4 is 0 Å². The van der Waals surface area contributed by atoms with Gasteiger partial charge in [0.1, 0.15) is 13.2 Å². The van der Waals surface area contributed by atoms with Gasteiger partial charge in [0.05, 0.1) is 6.42 Å². The summed E-state index contributed by atoms with van der Waals surface area (Å²) in [7, 11) is 0. The highest BCUT2D eigenvalue weighted by atomic mass is 16.6. The Labute approximate surface area is 447 Å². The Hall–Kier alpha value is -5.23. The van der Waals surface area contributed by atoms with E-state index in [1.807, 2.05) is 6.08 Å². The van der Waals surface area contributed by atoms with Crippen LogP contribution in [-0.2, 0) is 28.6 Å². The fourth-order valence-corrected chi connectivity index (χ4v) is 6.99. The largest absolute Gasteiger partial charge is 0.462 e. The van der Waals surface area contributed by atoms with E-state index in [0.717, 1.165) is 128 Å². The number of hydrogen-bond donors (Lipinski definition) is 0. The minimum absolute atomic E-state index is 0.107. The topological polar surface area (TPSA) is 78.9 Å². The summed E-state index contributed by atoms with van der Waals surface area (Å²) in [5.74, 6) is -1.14. The Bertz CT molecular complexity index is 1720. The van der Waals surface area contributed by atoms with Gasteiger partial charge < -0.3 is 14.2 Å². The molecule has 0 radical (unpaired) electrons. The summed E-state index contributed by atoms with van der Waals surface area (Å²) in [5.41, 5.74) is 0. The van der Waals surface area contributed by atoms with Gasteiger partial charge in [0, 0.05) is 12.8 Å². The molecule has 0 saturated heterocycles. The molecule has 0 aliphatic heterocycles. The van der Waals surface area contributed by atoms with Crippen molar-refractivity contribution in [1.29, 1.82) is 0 Å². The van der Waals surface area contributed by atoms with Gasteiger partial charge in [-0.05, 0) is 135 Å². The molecule has 6 heteroatoms. The third-order valence-electron chi connectivity index (χ3n) is 11.2. The molecule has 0 aliphatic carbocycles. The highest BCUT2D eigenvalue weighted by molar-refractivity contribution is 5.72. The van der Waals surface area contributed by atoms with Crippen LogP contribution >= 0.6 is 0 Å². The molecule has 0 saturated carbocycles. The molecule has 6 nitrogen and oxygen atoms in total. The summed E-state index contributed by atoms with van der Waals surface area (Å²) in [6.07, 6.45) is 87.9. The zero-order valence-electron chi connectivity index (χ0n) is 46.3. The van der Waals surface area contributed by atoms with Crippen molar-refractivity contribution in [2.75, 3.05) is 13.2 Å². The van der Waals surface area contributed by atoms with Crippen LogP contribution in [0.2, 0.25) is 0 Å². The first-order valence-corrected chi connectivity index (χ1v) is 28.6. The number of carbonyl (C=O) groups excluding carboxylic acids is 3. The summed E-state index contributed by atoms with van der Waals surface area (Å²) < 4.78 is 16.7. The second-order valence-electron chi connectivity index (χ2n) is 18.1. The fourth-order valence-electron chi connectivity index (χ4n) is 6.99. The maximum Gasteiger partial charge on any atom is 0.309 e. The Kier molecular flexibility index (Phi) is 55.1. The molecule has 0 N–H and O–H groups in total. The molecule has 73 heavy (non-hydrogen) atoms. The first-order chi connectivity index (χ1) is 36.0. The van der Waals surface area contributed by atoms with E-state index in [0.29, 0.717) is 6.42 Å². The molecule has 0 aromatic heterocycles. The highest BCUT2D eigenvalue weighted by Crippen LogP contribution is 2.12. The molecule has 0 aliphatic rings. The smallest absolute Gasteiger partial charge is 0.309 e. The average Bonchev–Trinajstić information content (AvgIpc) is 3.39. The fraction of sp³-hybridized carbons (Fsp3) is 0.537. The number of hydrogen-bond acceptors (Lipinski definition) is 6. The van der Waals surface area contributed by atoms with Gasteiger partial charge in [-0.2, -0.15) is 0 Å². The molecule has 0 fully saturated rings. The van der Waals surface area contributed by atoms with Gasteiger partial charge in [0.15, 0.2) is 6.10 Å². The van der Waals surface area contributed by atoms with Crippen molar-refractivity contribution >= 4 is 17.9 Å². The first-order valence-electron chi connectivity index (χ1n) is 28.6. The van der Waals surface area contributed by atoms with Gasteiger partial charge >= 0.3 is 17.9 Å². The molecule has 0 bridgehead atoms. The zero-order valence-corrected chi connectivity index (χ0v) is 46.3. The van der Waals surface area contributed by atoms with Crippen molar-refractivity contribution in [3.8, 4) is 0 Å². The van der Waals surface area contributed by atoms with Crippen molar-refractivity contribution in [3.05, 3.63) is 170 Å². The van der Waals surface area contributed by atoms with Gasteiger partial charge in [0.2, 0.25) is 0 Å². The van der Waals surface area contributed by atoms with Gasteiger partial charge in [-0.3, -0.25) is 14.4 Å². The van der Waals surface area contributed by atoms with Crippen LogP contribution in [0.1, 0.15) is 213 Å².